The highest BCUT2D eigenvalue weighted by Gasteiger charge is 2.21. The van der Waals surface area contributed by atoms with Crippen LogP contribution in [0.5, 0.6) is 5.75 Å². The fourth-order valence-electron chi connectivity index (χ4n) is 2.60. The fraction of sp³-hybridized carbons (Fsp3) is 0.412. The molecule has 1 aliphatic heterocycles. The predicted molar refractivity (Wildman–Crippen MR) is 94.1 cm³/mol. The summed E-state index contributed by atoms with van der Waals surface area (Å²) in [5.41, 5.74) is 1.18. The standard InChI is InChI=1S/C17H22N4OS/c1-3-12-10-19-16(23-12)11-20-17(18-2)21-14-8-9-22-15-7-5-4-6-13(14)15/h4-7,10,14H,3,8-9,11H2,1-2H3,(H2,18,20,21). The van der Waals surface area contributed by atoms with Crippen molar-refractivity contribution < 1.29 is 4.74 Å². The van der Waals surface area contributed by atoms with Crippen molar-refractivity contribution in [2.75, 3.05) is 13.7 Å². The van der Waals surface area contributed by atoms with Gasteiger partial charge in [-0.05, 0) is 12.5 Å². The van der Waals surface area contributed by atoms with Gasteiger partial charge in [-0.25, -0.2) is 4.98 Å². The Morgan fingerprint density at radius 2 is 2.30 bits per heavy atom. The van der Waals surface area contributed by atoms with E-state index < -0.39 is 0 Å². The summed E-state index contributed by atoms with van der Waals surface area (Å²) < 4.78 is 5.70. The molecule has 2 N–H and O–H groups in total. The summed E-state index contributed by atoms with van der Waals surface area (Å²) in [6.45, 7) is 3.56. The topological polar surface area (TPSA) is 58.5 Å². The number of hydrogen-bond donors (Lipinski definition) is 2. The molecule has 3 rings (SSSR count). The molecule has 0 fully saturated rings. The molecule has 1 aliphatic rings. The lowest BCUT2D eigenvalue weighted by Gasteiger charge is -2.27. The first-order valence-corrected chi connectivity index (χ1v) is 8.74. The minimum Gasteiger partial charge on any atom is -0.493 e. The van der Waals surface area contributed by atoms with Gasteiger partial charge in [0, 0.05) is 30.1 Å². The van der Waals surface area contributed by atoms with Crippen LogP contribution in [0.3, 0.4) is 0 Å². The third-order valence-corrected chi connectivity index (χ3v) is 4.99. The van der Waals surface area contributed by atoms with Crippen molar-refractivity contribution in [2.24, 2.45) is 4.99 Å². The zero-order valence-corrected chi connectivity index (χ0v) is 14.3. The molecule has 23 heavy (non-hydrogen) atoms. The lowest BCUT2D eigenvalue weighted by atomic mass is 10.0. The number of thiazole rings is 1. The van der Waals surface area contributed by atoms with Crippen molar-refractivity contribution in [1.82, 2.24) is 15.6 Å². The van der Waals surface area contributed by atoms with E-state index in [2.05, 4.69) is 33.6 Å². The molecule has 1 aromatic carbocycles. The van der Waals surface area contributed by atoms with E-state index in [1.54, 1.807) is 18.4 Å². The summed E-state index contributed by atoms with van der Waals surface area (Å²) in [7, 11) is 1.79. The van der Waals surface area contributed by atoms with Gasteiger partial charge in [0.05, 0.1) is 19.2 Å². The third kappa shape index (κ3) is 3.82. The Morgan fingerprint density at radius 1 is 1.43 bits per heavy atom. The number of guanidine groups is 1. The molecular weight excluding hydrogens is 308 g/mol. The second-order valence-electron chi connectivity index (χ2n) is 5.37. The number of hydrogen-bond acceptors (Lipinski definition) is 4. The molecule has 2 aromatic rings. The predicted octanol–water partition coefficient (Wildman–Crippen LogP) is 2.89. The third-order valence-electron chi connectivity index (χ3n) is 3.85. The highest BCUT2D eigenvalue weighted by Crippen LogP contribution is 2.31. The summed E-state index contributed by atoms with van der Waals surface area (Å²) >= 11 is 1.74. The monoisotopic (exact) mass is 330 g/mol. The van der Waals surface area contributed by atoms with Gasteiger partial charge in [-0.1, -0.05) is 25.1 Å². The Bertz CT molecular complexity index is 683. The van der Waals surface area contributed by atoms with Gasteiger partial charge >= 0.3 is 0 Å². The average molecular weight is 330 g/mol. The van der Waals surface area contributed by atoms with Crippen molar-refractivity contribution in [1.29, 1.82) is 0 Å². The van der Waals surface area contributed by atoms with Crippen LogP contribution in [0, 0.1) is 0 Å². The highest BCUT2D eigenvalue weighted by molar-refractivity contribution is 7.11. The van der Waals surface area contributed by atoms with E-state index in [1.165, 1.54) is 10.4 Å². The summed E-state index contributed by atoms with van der Waals surface area (Å²) in [5.74, 6) is 1.75. The number of rotatable bonds is 4. The molecule has 122 valence electrons. The Kier molecular flexibility index (Phi) is 5.12. The van der Waals surface area contributed by atoms with Crippen LogP contribution < -0.4 is 15.4 Å². The van der Waals surface area contributed by atoms with E-state index in [4.69, 9.17) is 4.74 Å². The number of nitrogens with zero attached hydrogens (tertiary/aromatic N) is 2. The molecule has 1 atom stereocenters. The van der Waals surface area contributed by atoms with Crippen LogP contribution in [0.1, 0.15) is 34.8 Å². The fourth-order valence-corrected chi connectivity index (χ4v) is 3.41. The van der Waals surface area contributed by atoms with Crippen molar-refractivity contribution >= 4 is 17.3 Å². The van der Waals surface area contributed by atoms with Crippen LogP contribution in [0.4, 0.5) is 0 Å². The number of aromatic nitrogens is 1. The second-order valence-corrected chi connectivity index (χ2v) is 6.57. The van der Waals surface area contributed by atoms with Gasteiger partial charge in [0.1, 0.15) is 10.8 Å². The van der Waals surface area contributed by atoms with Crippen molar-refractivity contribution in [3.63, 3.8) is 0 Å². The van der Waals surface area contributed by atoms with Crippen molar-refractivity contribution in [3.8, 4) is 5.75 Å². The molecule has 0 aliphatic carbocycles. The molecule has 6 heteroatoms. The number of aliphatic imine (C=N–C) groups is 1. The van der Waals surface area contributed by atoms with Crippen LogP contribution in [-0.2, 0) is 13.0 Å². The maximum Gasteiger partial charge on any atom is 0.191 e. The average Bonchev–Trinajstić information content (AvgIpc) is 3.07. The van der Waals surface area contributed by atoms with E-state index >= 15 is 0 Å². The van der Waals surface area contributed by atoms with E-state index in [0.29, 0.717) is 6.54 Å². The van der Waals surface area contributed by atoms with Gasteiger partial charge in [0.2, 0.25) is 0 Å². The van der Waals surface area contributed by atoms with E-state index in [0.717, 1.165) is 36.2 Å². The zero-order valence-electron chi connectivity index (χ0n) is 13.5. The molecule has 0 bridgehead atoms. The highest BCUT2D eigenvalue weighted by atomic mass is 32.1. The maximum atomic E-state index is 5.70. The van der Waals surface area contributed by atoms with Gasteiger partial charge in [0.15, 0.2) is 5.96 Å². The van der Waals surface area contributed by atoms with Crippen LogP contribution in [-0.4, -0.2) is 24.6 Å². The first kappa shape index (κ1) is 15.8. The Balaban J connectivity index is 1.62. The first-order chi connectivity index (χ1) is 11.3. The number of nitrogens with one attached hydrogen (secondary N) is 2. The molecule has 1 unspecified atom stereocenters. The number of para-hydroxylation sites is 1. The number of fused-ring (bicyclic) bond motifs is 1. The number of aryl methyl sites for hydroxylation is 1. The van der Waals surface area contributed by atoms with Gasteiger partial charge in [0.25, 0.3) is 0 Å². The molecule has 0 amide bonds. The molecule has 0 saturated carbocycles. The summed E-state index contributed by atoms with van der Waals surface area (Å²) in [6.07, 6.45) is 3.91. The SMILES string of the molecule is CCc1cnc(CNC(=NC)NC2CCOc3ccccc32)s1. The normalized spacial score (nSPS) is 17.3. The molecule has 0 saturated heterocycles. The maximum absolute atomic E-state index is 5.70. The molecule has 2 heterocycles. The molecule has 0 spiro atoms. The Labute approximate surface area is 140 Å². The second kappa shape index (κ2) is 7.46. The van der Waals surface area contributed by atoms with Gasteiger partial charge in [-0.2, -0.15) is 0 Å². The van der Waals surface area contributed by atoms with Crippen LogP contribution in [0.2, 0.25) is 0 Å². The summed E-state index contributed by atoms with van der Waals surface area (Å²) in [6, 6.07) is 8.38. The van der Waals surface area contributed by atoms with Crippen LogP contribution in [0.25, 0.3) is 0 Å². The smallest absolute Gasteiger partial charge is 0.191 e. The number of benzene rings is 1. The first-order valence-electron chi connectivity index (χ1n) is 7.92. The molecule has 0 radical (unpaired) electrons. The summed E-state index contributed by atoms with van der Waals surface area (Å²) in [4.78, 5) is 10.1. The molecule has 1 aromatic heterocycles. The Morgan fingerprint density at radius 3 is 3.09 bits per heavy atom. The summed E-state index contributed by atoms with van der Waals surface area (Å²) in [5, 5.41) is 7.92. The van der Waals surface area contributed by atoms with Gasteiger partial charge in [-0.15, -0.1) is 11.3 Å². The lowest BCUT2D eigenvalue weighted by molar-refractivity contribution is 0.261. The Hall–Kier alpha value is -2.08. The van der Waals surface area contributed by atoms with E-state index in [1.807, 2.05) is 24.4 Å². The minimum atomic E-state index is 0.216. The quantitative estimate of drug-likeness (QED) is 0.668. The van der Waals surface area contributed by atoms with Crippen molar-refractivity contribution in [2.45, 2.75) is 32.4 Å². The van der Waals surface area contributed by atoms with Crippen molar-refractivity contribution in [3.05, 3.63) is 45.9 Å². The lowest BCUT2D eigenvalue weighted by Crippen LogP contribution is -2.40. The van der Waals surface area contributed by atoms with Gasteiger partial charge in [-0.3, -0.25) is 4.99 Å². The van der Waals surface area contributed by atoms with Gasteiger partial charge < -0.3 is 15.4 Å². The zero-order chi connectivity index (χ0) is 16.1. The molecule has 5 nitrogen and oxygen atoms in total. The van der Waals surface area contributed by atoms with Crippen LogP contribution >= 0.6 is 11.3 Å². The van der Waals surface area contributed by atoms with Crippen LogP contribution in [0.15, 0.2) is 35.5 Å². The molecular formula is C17H22N4OS. The largest absolute Gasteiger partial charge is 0.493 e. The number of ether oxygens (including phenoxy) is 1. The van der Waals surface area contributed by atoms with E-state index in [-0.39, 0.29) is 6.04 Å². The minimum absolute atomic E-state index is 0.216. The van der Waals surface area contributed by atoms with E-state index in [9.17, 15) is 0 Å².